The molecule has 0 unspecified atom stereocenters. The van der Waals surface area contributed by atoms with E-state index in [0.717, 1.165) is 4.83 Å². The summed E-state index contributed by atoms with van der Waals surface area (Å²) in [5.74, 6) is -0.438. The van der Waals surface area contributed by atoms with Gasteiger partial charge in [0.05, 0.1) is 13.0 Å². The lowest BCUT2D eigenvalue weighted by Crippen LogP contribution is -2.20. The molecule has 0 saturated heterocycles. The average Bonchev–Trinajstić information content (AvgIpc) is 2.25. The number of carboxylic acid groups (broad SMARTS) is 1. The van der Waals surface area contributed by atoms with E-state index in [-0.39, 0.29) is 21.6 Å². The molecule has 0 saturated carbocycles. The average molecular weight is 227 g/mol. The Morgan fingerprint density at radius 2 is 2.07 bits per heavy atom. The van der Waals surface area contributed by atoms with Gasteiger partial charge in [0.25, 0.3) is 8.61 Å². The third-order valence-electron chi connectivity index (χ3n) is 1.56. The Labute approximate surface area is 88.5 Å². The van der Waals surface area contributed by atoms with E-state index in [0.29, 0.717) is 5.75 Å². The fraction of sp³-hybridized carbons (Fsp3) is 0.222. The molecule has 15 heavy (non-hydrogen) atoms. The molecule has 0 atom stereocenters. The minimum absolute atomic E-state index is 0.0648. The van der Waals surface area contributed by atoms with E-state index in [1.807, 2.05) is 6.07 Å². The number of aliphatic carboxylic acids is 1. The van der Waals surface area contributed by atoms with E-state index in [2.05, 4.69) is 0 Å². The molecule has 0 bridgehead atoms. The molecule has 1 aromatic rings. The first-order valence-corrected chi connectivity index (χ1v) is 5.04. The molecule has 1 N–H and O–H groups in total. The van der Waals surface area contributed by atoms with Crippen LogP contribution in [0.2, 0.25) is 0 Å². The highest BCUT2D eigenvalue weighted by Crippen LogP contribution is 2.15. The van der Waals surface area contributed by atoms with E-state index in [4.69, 9.17) is 9.94 Å². The number of carboxylic acids is 1. The number of para-hydroxylation sites is 1. The van der Waals surface area contributed by atoms with Crippen molar-refractivity contribution in [2.75, 3.05) is 6.54 Å². The number of rotatable bonds is 6. The van der Waals surface area contributed by atoms with Crippen molar-refractivity contribution in [3.8, 4) is 5.75 Å². The van der Waals surface area contributed by atoms with Crippen molar-refractivity contribution < 1.29 is 19.3 Å². The van der Waals surface area contributed by atoms with Crippen LogP contribution in [0, 0.1) is 0 Å². The lowest BCUT2D eigenvalue weighted by Gasteiger charge is -2.13. The lowest BCUT2D eigenvalue weighted by molar-refractivity contribution is -0.138. The Morgan fingerprint density at radius 3 is 2.60 bits per heavy atom. The van der Waals surface area contributed by atoms with Crippen LogP contribution in [-0.4, -0.2) is 22.5 Å². The van der Waals surface area contributed by atoms with Crippen molar-refractivity contribution in [1.82, 2.24) is 4.83 Å². The standard InChI is InChI=1S/C9H10NO4P/c11-9(12)6-7-10(15-13)14-8-4-2-1-3-5-8/h1-5H,6-7H2,(H,11,12). The molecule has 0 aliphatic heterocycles. The Kier molecular flexibility index (Phi) is 4.74. The highest BCUT2D eigenvalue weighted by Gasteiger charge is 2.08. The summed E-state index contributed by atoms with van der Waals surface area (Å²) in [5, 5.41) is 8.44. The second kappa shape index (κ2) is 6.11. The number of carbonyl (C=O) groups is 1. The first-order valence-electron chi connectivity index (χ1n) is 4.28. The quantitative estimate of drug-likeness (QED) is 0.594. The highest BCUT2D eigenvalue weighted by molar-refractivity contribution is 7.20. The van der Waals surface area contributed by atoms with Gasteiger partial charge < -0.3 is 9.94 Å². The monoisotopic (exact) mass is 227 g/mol. The van der Waals surface area contributed by atoms with Gasteiger partial charge in [-0.05, 0) is 12.1 Å². The first kappa shape index (κ1) is 11.6. The Morgan fingerprint density at radius 1 is 1.40 bits per heavy atom. The molecule has 0 aliphatic carbocycles. The number of benzene rings is 1. The van der Waals surface area contributed by atoms with Crippen molar-refractivity contribution in [2.45, 2.75) is 6.42 Å². The van der Waals surface area contributed by atoms with E-state index in [1.165, 1.54) is 0 Å². The summed E-state index contributed by atoms with van der Waals surface area (Å²) in [7, 11) is -0.362. The maximum absolute atomic E-state index is 10.6. The molecule has 1 rings (SSSR count). The van der Waals surface area contributed by atoms with Gasteiger partial charge in [-0.1, -0.05) is 23.0 Å². The molecule has 0 amide bonds. The Hall–Kier alpha value is -1.45. The summed E-state index contributed by atoms with van der Waals surface area (Å²) in [4.78, 5) is 16.5. The van der Waals surface area contributed by atoms with Crippen molar-refractivity contribution in [1.29, 1.82) is 0 Å². The van der Waals surface area contributed by atoms with E-state index in [1.54, 1.807) is 24.3 Å². The fourth-order valence-electron chi connectivity index (χ4n) is 0.897. The maximum Gasteiger partial charge on any atom is 0.304 e. The van der Waals surface area contributed by atoms with Crippen LogP contribution in [0.25, 0.3) is 0 Å². The predicted molar refractivity (Wildman–Crippen MR) is 53.6 cm³/mol. The molecule has 0 aliphatic rings. The molecular weight excluding hydrogens is 217 g/mol. The minimum Gasteiger partial charge on any atom is -0.481 e. The molecule has 5 nitrogen and oxygen atoms in total. The van der Waals surface area contributed by atoms with Gasteiger partial charge >= 0.3 is 5.97 Å². The van der Waals surface area contributed by atoms with E-state index in [9.17, 15) is 9.36 Å². The molecule has 0 aromatic heterocycles. The third kappa shape index (κ3) is 4.54. The molecule has 0 spiro atoms. The van der Waals surface area contributed by atoms with Gasteiger partial charge in [-0.2, -0.15) is 0 Å². The van der Waals surface area contributed by atoms with Gasteiger partial charge in [-0.25, -0.2) is 0 Å². The van der Waals surface area contributed by atoms with Crippen LogP contribution in [0.4, 0.5) is 0 Å². The van der Waals surface area contributed by atoms with E-state index < -0.39 is 5.97 Å². The predicted octanol–water partition coefficient (Wildman–Crippen LogP) is 1.96. The zero-order chi connectivity index (χ0) is 11.1. The molecule has 1 aromatic carbocycles. The fourth-order valence-corrected chi connectivity index (χ4v) is 1.21. The van der Waals surface area contributed by atoms with Gasteiger partial charge in [0.15, 0.2) is 0 Å². The van der Waals surface area contributed by atoms with Crippen molar-refractivity contribution >= 4 is 14.6 Å². The van der Waals surface area contributed by atoms with Gasteiger partial charge in [-0.15, -0.1) is 0 Å². The molecule has 6 heteroatoms. The zero-order valence-electron chi connectivity index (χ0n) is 7.87. The topological polar surface area (TPSA) is 66.8 Å². The molecule has 80 valence electrons. The van der Waals surface area contributed by atoms with Crippen LogP contribution in [0.1, 0.15) is 6.42 Å². The smallest absolute Gasteiger partial charge is 0.304 e. The molecule has 0 heterocycles. The van der Waals surface area contributed by atoms with Crippen molar-refractivity contribution in [3.63, 3.8) is 0 Å². The third-order valence-corrected chi connectivity index (χ3v) is 2.03. The van der Waals surface area contributed by atoms with Crippen molar-refractivity contribution in [3.05, 3.63) is 30.3 Å². The first-order chi connectivity index (χ1) is 7.22. The van der Waals surface area contributed by atoms with Gasteiger partial charge in [0, 0.05) is 0 Å². The summed E-state index contributed by atoms with van der Waals surface area (Å²) in [6.45, 7) is 0.0648. The normalized spacial score (nSPS) is 10.5. The summed E-state index contributed by atoms with van der Waals surface area (Å²) < 4.78 is 10.6. The summed E-state index contributed by atoms with van der Waals surface area (Å²) in [6.07, 6.45) is -0.123. The van der Waals surface area contributed by atoms with Gasteiger partial charge in [-0.3, -0.25) is 9.36 Å². The molecular formula is C9H10NO4P. The highest BCUT2D eigenvalue weighted by atomic mass is 31.1. The van der Waals surface area contributed by atoms with Gasteiger partial charge in [0.1, 0.15) is 5.75 Å². The Bertz CT molecular complexity index is 330. The largest absolute Gasteiger partial charge is 0.481 e. The van der Waals surface area contributed by atoms with Crippen LogP contribution >= 0.6 is 8.61 Å². The van der Waals surface area contributed by atoms with Crippen LogP contribution in [-0.2, 0) is 9.36 Å². The number of hydrogen-bond donors (Lipinski definition) is 1. The SMILES string of the molecule is O=PN(CCC(=O)O)Oc1ccccc1. The summed E-state index contributed by atoms with van der Waals surface area (Å²) >= 11 is 0. The maximum atomic E-state index is 10.6. The lowest BCUT2D eigenvalue weighted by atomic mass is 10.3. The molecule has 0 radical (unpaired) electrons. The summed E-state index contributed by atoms with van der Waals surface area (Å²) in [6, 6.07) is 8.75. The van der Waals surface area contributed by atoms with Crippen LogP contribution < -0.4 is 4.84 Å². The van der Waals surface area contributed by atoms with Crippen LogP contribution in [0.5, 0.6) is 5.75 Å². The molecule has 0 fully saturated rings. The zero-order valence-corrected chi connectivity index (χ0v) is 8.76. The van der Waals surface area contributed by atoms with E-state index >= 15 is 0 Å². The number of hydrogen-bond acceptors (Lipinski definition) is 3. The van der Waals surface area contributed by atoms with Crippen molar-refractivity contribution in [2.24, 2.45) is 0 Å². The second-order valence-electron chi connectivity index (χ2n) is 2.71. The number of nitrogens with zero attached hydrogens (tertiary/aromatic N) is 1. The minimum atomic E-state index is -0.958. The number of hydroxylamine groups is 1. The Balaban J connectivity index is 2.47. The van der Waals surface area contributed by atoms with Crippen LogP contribution in [0.15, 0.2) is 30.3 Å². The van der Waals surface area contributed by atoms with Gasteiger partial charge in [0.2, 0.25) is 0 Å². The van der Waals surface area contributed by atoms with Crippen LogP contribution in [0.3, 0.4) is 0 Å². The summed E-state index contributed by atoms with van der Waals surface area (Å²) in [5.41, 5.74) is 0. The second-order valence-corrected chi connectivity index (χ2v) is 3.31.